The second kappa shape index (κ2) is 4.96. The summed E-state index contributed by atoms with van der Waals surface area (Å²) in [7, 11) is 0. The lowest BCUT2D eigenvalue weighted by molar-refractivity contribution is 0.0959. The van der Waals surface area contributed by atoms with E-state index in [0.29, 0.717) is 23.0 Å². The van der Waals surface area contributed by atoms with E-state index in [2.05, 4.69) is 16.9 Å². The number of pyridine rings is 1. The van der Waals surface area contributed by atoms with Gasteiger partial charge in [0.2, 0.25) is 0 Å². The fraction of sp³-hybridized carbons (Fsp3) is 0.143. The highest BCUT2D eigenvalue weighted by molar-refractivity contribution is 6.06. The highest BCUT2D eigenvalue weighted by atomic mass is 19.1. The van der Waals surface area contributed by atoms with Gasteiger partial charge in [0.05, 0.1) is 11.1 Å². The van der Waals surface area contributed by atoms with Crippen LogP contribution in [0.2, 0.25) is 0 Å². The maximum atomic E-state index is 13.3. The number of benzene rings is 1. The third kappa shape index (κ3) is 2.37. The third-order valence-corrected chi connectivity index (χ3v) is 2.55. The molecule has 0 unspecified atom stereocenters. The van der Waals surface area contributed by atoms with Crippen LogP contribution in [0.4, 0.5) is 4.39 Å². The second-order valence-corrected chi connectivity index (χ2v) is 3.97. The number of halogens is 1. The second-order valence-electron chi connectivity index (χ2n) is 3.97. The minimum atomic E-state index is -0.383. The number of hydrogen-bond acceptors (Lipinski definition) is 2. The number of nitrogens with zero attached hydrogens (tertiary/aromatic N) is 1. The molecule has 4 heteroatoms. The molecule has 3 nitrogen and oxygen atoms in total. The van der Waals surface area contributed by atoms with E-state index in [-0.39, 0.29) is 11.7 Å². The van der Waals surface area contributed by atoms with Gasteiger partial charge in [0.25, 0.3) is 5.91 Å². The fourth-order valence-electron chi connectivity index (χ4n) is 1.78. The zero-order valence-corrected chi connectivity index (χ0v) is 10.0. The molecule has 0 saturated heterocycles. The van der Waals surface area contributed by atoms with Crippen LogP contribution < -0.4 is 5.32 Å². The monoisotopic (exact) mass is 244 g/mol. The zero-order valence-electron chi connectivity index (χ0n) is 10.0. The Morgan fingerprint density at radius 1 is 1.50 bits per heavy atom. The molecule has 92 valence electrons. The summed E-state index contributed by atoms with van der Waals surface area (Å²) in [4.78, 5) is 16.2. The van der Waals surface area contributed by atoms with E-state index in [0.717, 1.165) is 5.69 Å². The Morgan fingerprint density at radius 2 is 2.28 bits per heavy atom. The van der Waals surface area contributed by atoms with E-state index in [1.165, 1.54) is 12.1 Å². The lowest BCUT2D eigenvalue weighted by Gasteiger charge is -2.08. The molecule has 2 rings (SSSR count). The predicted octanol–water partition coefficient (Wildman–Crippen LogP) is 2.60. The molecule has 0 fully saturated rings. The summed E-state index contributed by atoms with van der Waals surface area (Å²) in [5.41, 5.74) is 1.76. The summed E-state index contributed by atoms with van der Waals surface area (Å²) in [6.07, 6.45) is 1.59. The molecule has 0 radical (unpaired) electrons. The number of carbonyl (C=O) groups is 1. The maximum Gasteiger partial charge on any atom is 0.252 e. The molecule has 0 spiro atoms. The van der Waals surface area contributed by atoms with Crippen LogP contribution in [0.1, 0.15) is 16.1 Å². The van der Waals surface area contributed by atoms with Crippen molar-refractivity contribution in [3.63, 3.8) is 0 Å². The van der Waals surface area contributed by atoms with Crippen LogP contribution in [0.5, 0.6) is 0 Å². The van der Waals surface area contributed by atoms with Gasteiger partial charge >= 0.3 is 0 Å². The molecule has 2 aromatic rings. The average Bonchev–Trinajstić information content (AvgIpc) is 2.35. The first-order valence-corrected chi connectivity index (χ1v) is 5.58. The lowest BCUT2D eigenvalue weighted by Crippen LogP contribution is -2.23. The van der Waals surface area contributed by atoms with E-state index in [4.69, 9.17) is 0 Å². The molecule has 1 aromatic carbocycles. The van der Waals surface area contributed by atoms with Gasteiger partial charge in [-0.15, -0.1) is 6.58 Å². The summed E-state index contributed by atoms with van der Waals surface area (Å²) in [5.74, 6) is -0.637. The Bertz CT molecular complexity index is 622. The summed E-state index contributed by atoms with van der Waals surface area (Å²) in [6, 6.07) is 5.88. The van der Waals surface area contributed by atoms with Gasteiger partial charge in [-0.05, 0) is 31.2 Å². The van der Waals surface area contributed by atoms with Crippen molar-refractivity contribution in [1.29, 1.82) is 0 Å². The van der Waals surface area contributed by atoms with Crippen molar-refractivity contribution >= 4 is 16.8 Å². The van der Waals surface area contributed by atoms with Crippen LogP contribution in [0.25, 0.3) is 10.9 Å². The normalized spacial score (nSPS) is 10.3. The summed E-state index contributed by atoms with van der Waals surface area (Å²) in [5, 5.41) is 3.20. The summed E-state index contributed by atoms with van der Waals surface area (Å²) < 4.78 is 13.3. The number of amides is 1. The standard InChI is InChI=1S/C14H13FN2O/c1-3-6-16-14(18)12-7-9(2)17-13-5-4-10(15)8-11(12)13/h3-5,7-8H,1,6H2,2H3,(H,16,18). The lowest BCUT2D eigenvalue weighted by atomic mass is 10.1. The zero-order chi connectivity index (χ0) is 13.1. The smallest absolute Gasteiger partial charge is 0.252 e. The third-order valence-electron chi connectivity index (χ3n) is 2.55. The Hall–Kier alpha value is -2.23. The highest BCUT2D eigenvalue weighted by Gasteiger charge is 2.11. The van der Waals surface area contributed by atoms with Crippen LogP contribution in [0.15, 0.2) is 36.9 Å². The molecule has 1 N–H and O–H groups in total. The molecule has 18 heavy (non-hydrogen) atoms. The van der Waals surface area contributed by atoms with Crippen molar-refractivity contribution in [2.45, 2.75) is 6.92 Å². The first-order chi connectivity index (χ1) is 8.61. The van der Waals surface area contributed by atoms with Crippen LogP contribution in [0.3, 0.4) is 0 Å². The first-order valence-electron chi connectivity index (χ1n) is 5.58. The summed E-state index contributed by atoms with van der Waals surface area (Å²) in [6.45, 7) is 5.70. The Kier molecular flexibility index (Phi) is 3.37. The van der Waals surface area contributed by atoms with E-state index in [9.17, 15) is 9.18 Å². The highest BCUT2D eigenvalue weighted by Crippen LogP contribution is 2.19. The summed E-state index contributed by atoms with van der Waals surface area (Å²) >= 11 is 0. The van der Waals surface area contributed by atoms with Gasteiger partial charge in [-0.3, -0.25) is 9.78 Å². The van der Waals surface area contributed by atoms with E-state index in [1.807, 2.05) is 0 Å². The van der Waals surface area contributed by atoms with Crippen molar-refractivity contribution in [2.75, 3.05) is 6.54 Å². The number of rotatable bonds is 3. The number of aromatic nitrogens is 1. The van der Waals surface area contributed by atoms with Gasteiger partial charge in [-0.1, -0.05) is 6.08 Å². The van der Waals surface area contributed by atoms with E-state index < -0.39 is 0 Å². The maximum absolute atomic E-state index is 13.3. The van der Waals surface area contributed by atoms with Gasteiger partial charge in [0.1, 0.15) is 5.82 Å². The number of fused-ring (bicyclic) bond motifs is 1. The van der Waals surface area contributed by atoms with Gasteiger partial charge in [0, 0.05) is 17.6 Å². The quantitative estimate of drug-likeness (QED) is 0.843. The minimum absolute atomic E-state index is 0.254. The van der Waals surface area contributed by atoms with Crippen LogP contribution in [0, 0.1) is 12.7 Å². The first kappa shape index (κ1) is 12.2. The van der Waals surface area contributed by atoms with Gasteiger partial charge in [-0.25, -0.2) is 4.39 Å². The Labute approximate surface area is 104 Å². The number of carbonyl (C=O) groups excluding carboxylic acids is 1. The minimum Gasteiger partial charge on any atom is -0.349 e. The van der Waals surface area contributed by atoms with Crippen molar-refractivity contribution in [1.82, 2.24) is 10.3 Å². The molecule has 1 amide bonds. The van der Waals surface area contributed by atoms with E-state index >= 15 is 0 Å². The molecule has 0 bridgehead atoms. The molecule has 0 aliphatic heterocycles. The molecule has 0 aliphatic rings. The molecule has 1 heterocycles. The fourth-order valence-corrected chi connectivity index (χ4v) is 1.78. The van der Waals surface area contributed by atoms with Crippen LogP contribution in [-0.4, -0.2) is 17.4 Å². The molecular weight excluding hydrogens is 231 g/mol. The number of nitrogens with one attached hydrogen (secondary N) is 1. The van der Waals surface area contributed by atoms with Gasteiger partial charge < -0.3 is 5.32 Å². The Balaban J connectivity index is 2.57. The van der Waals surface area contributed by atoms with E-state index in [1.54, 1.807) is 25.1 Å². The van der Waals surface area contributed by atoms with Gasteiger partial charge in [-0.2, -0.15) is 0 Å². The van der Waals surface area contributed by atoms with Crippen LogP contribution in [-0.2, 0) is 0 Å². The molecule has 0 atom stereocenters. The predicted molar refractivity (Wildman–Crippen MR) is 69.0 cm³/mol. The molecular formula is C14H13FN2O. The van der Waals surface area contributed by atoms with Crippen LogP contribution >= 0.6 is 0 Å². The van der Waals surface area contributed by atoms with Gasteiger partial charge in [0.15, 0.2) is 0 Å². The molecule has 0 aliphatic carbocycles. The largest absolute Gasteiger partial charge is 0.349 e. The van der Waals surface area contributed by atoms with Crippen molar-refractivity contribution in [3.05, 3.63) is 54.0 Å². The van der Waals surface area contributed by atoms with Crippen molar-refractivity contribution in [3.8, 4) is 0 Å². The number of hydrogen-bond donors (Lipinski definition) is 1. The van der Waals surface area contributed by atoms with Crippen molar-refractivity contribution in [2.24, 2.45) is 0 Å². The molecule has 0 saturated carbocycles. The topological polar surface area (TPSA) is 42.0 Å². The number of aryl methyl sites for hydroxylation is 1. The Morgan fingerprint density at radius 3 is 3.00 bits per heavy atom. The van der Waals surface area contributed by atoms with Crippen molar-refractivity contribution < 1.29 is 9.18 Å². The SMILES string of the molecule is C=CCNC(=O)c1cc(C)nc2ccc(F)cc12. The molecule has 1 aromatic heterocycles. The average molecular weight is 244 g/mol.